The Hall–Kier alpha value is -1.02. The molecule has 1 aromatic rings. The lowest BCUT2D eigenvalue weighted by Crippen LogP contribution is -2.41. The molecule has 0 bridgehead atoms. The van der Waals surface area contributed by atoms with Crippen LogP contribution in [0, 0.1) is 0 Å². The summed E-state index contributed by atoms with van der Waals surface area (Å²) in [4.78, 5) is 0. The van der Waals surface area contributed by atoms with Gasteiger partial charge in [0.25, 0.3) is 0 Å². The summed E-state index contributed by atoms with van der Waals surface area (Å²) in [5.74, 6) is 0.478. The third-order valence-electron chi connectivity index (χ3n) is 4.48. The molecule has 2 heteroatoms. The van der Waals surface area contributed by atoms with Crippen molar-refractivity contribution in [3.05, 3.63) is 28.8 Å². The first kappa shape index (κ1) is 10.2. The van der Waals surface area contributed by atoms with Crippen LogP contribution in [-0.2, 0) is 18.3 Å². The molecule has 86 valence electrons. The maximum atomic E-state index is 10.2. The normalized spacial score (nSPS) is 21.6. The van der Waals surface area contributed by atoms with Gasteiger partial charge in [-0.05, 0) is 49.3 Å². The lowest BCUT2D eigenvalue weighted by molar-refractivity contribution is 0.245. The number of phenolic OH excluding ortho intramolecular Hbond substituents is 1. The van der Waals surface area contributed by atoms with E-state index in [1.165, 1.54) is 30.4 Å². The van der Waals surface area contributed by atoms with Crippen LogP contribution in [-0.4, -0.2) is 11.7 Å². The van der Waals surface area contributed by atoms with Crippen molar-refractivity contribution in [3.8, 4) is 5.75 Å². The Morgan fingerprint density at radius 3 is 2.38 bits per heavy atom. The minimum atomic E-state index is 0.0850. The van der Waals surface area contributed by atoms with Crippen molar-refractivity contribution in [1.29, 1.82) is 0 Å². The predicted molar refractivity (Wildman–Crippen MR) is 64.7 cm³/mol. The number of fused-ring (bicyclic) bond motifs is 1. The topological polar surface area (TPSA) is 46.2 Å². The molecule has 0 aliphatic heterocycles. The number of aromatic hydroxyl groups is 1. The third-order valence-corrected chi connectivity index (χ3v) is 4.48. The minimum Gasteiger partial charge on any atom is -0.508 e. The Kier molecular flexibility index (Phi) is 2.21. The van der Waals surface area contributed by atoms with E-state index in [1.54, 1.807) is 0 Å². The molecule has 0 spiro atoms. The first-order chi connectivity index (χ1) is 7.75. The molecule has 16 heavy (non-hydrogen) atoms. The van der Waals surface area contributed by atoms with Gasteiger partial charge in [0.15, 0.2) is 0 Å². The molecule has 1 aromatic carbocycles. The molecular formula is C14H19NO. The van der Waals surface area contributed by atoms with Crippen molar-refractivity contribution < 1.29 is 5.11 Å². The zero-order valence-electron chi connectivity index (χ0n) is 9.63. The molecule has 0 aromatic heterocycles. The standard InChI is InChI=1S/C14H19NO/c15-9-14(5-2-6-14)12-7-10-3-1-4-11(10)8-13(12)16/h7-8,16H,1-6,9,15H2. The van der Waals surface area contributed by atoms with Crippen molar-refractivity contribution in [2.24, 2.45) is 5.73 Å². The summed E-state index contributed by atoms with van der Waals surface area (Å²) in [6, 6.07) is 4.21. The SMILES string of the molecule is NCC1(c2cc3c(cc2O)CCC3)CCC1. The highest BCUT2D eigenvalue weighted by Crippen LogP contribution is 2.47. The van der Waals surface area contributed by atoms with E-state index >= 15 is 0 Å². The minimum absolute atomic E-state index is 0.0850. The molecule has 0 unspecified atom stereocenters. The molecule has 1 fully saturated rings. The number of rotatable bonds is 2. The Balaban J connectivity index is 2.07. The zero-order chi connectivity index (χ0) is 11.2. The van der Waals surface area contributed by atoms with Crippen molar-refractivity contribution in [2.45, 2.75) is 43.9 Å². The lowest BCUT2D eigenvalue weighted by Gasteiger charge is -2.42. The highest BCUT2D eigenvalue weighted by Gasteiger charge is 2.39. The average molecular weight is 217 g/mol. The summed E-state index contributed by atoms with van der Waals surface area (Å²) in [5.41, 5.74) is 9.88. The molecule has 3 N–H and O–H groups in total. The van der Waals surface area contributed by atoms with Gasteiger partial charge in [-0.3, -0.25) is 0 Å². The van der Waals surface area contributed by atoms with Crippen LogP contribution < -0.4 is 5.73 Å². The monoisotopic (exact) mass is 217 g/mol. The van der Waals surface area contributed by atoms with Gasteiger partial charge in [0.1, 0.15) is 5.75 Å². The molecular weight excluding hydrogens is 198 g/mol. The Morgan fingerprint density at radius 1 is 1.12 bits per heavy atom. The Labute approximate surface area is 96.5 Å². The van der Waals surface area contributed by atoms with Gasteiger partial charge in [-0.1, -0.05) is 12.5 Å². The van der Waals surface area contributed by atoms with E-state index in [2.05, 4.69) is 6.07 Å². The number of hydrogen-bond donors (Lipinski definition) is 2. The highest BCUT2D eigenvalue weighted by atomic mass is 16.3. The number of hydrogen-bond acceptors (Lipinski definition) is 2. The molecule has 2 aliphatic rings. The van der Waals surface area contributed by atoms with E-state index in [4.69, 9.17) is 5.73 Å². The molecule has 0 radical (unpaired) electrons. The number of nitrogens with two attached hydrogens (primary N) is 1. The van der Waals surface area contributed by atoms with Crippen molar-refractivity contribution >= 4 is 0 Å². The van der Waals surface area contributed by atoms with Crippen molar-refractivity contribution in [3.63, 3.8) is 0 Å². The first-order valence-corrected chi connectivity index (χ1v) is 6.30. The molecule has 0 saturated heterocycles. The molecule has 0 atom stereocenters. The van der Waals surface area contributed by atoms with Gasteiger partial charge in [0, 0.05) is 17.5 Å². The number of aryl methyl sites for hydroxylation is 2. The molecule has 2 nitrogen and oxygen atoms in total. The molecule has 0 amide bonds. The molecule has 1 saturated carbocycles. The fourth-order valence-electron chi connectivity index (χ4n) is 3.22. The smallest absolute Gasteiger partial charge is 0.119 e. The van der Waals surface area contributed by atoms with Gasteiger partial charge in [-0.15, -0.1) is 0 Å². The molecule has 0 heterocycles. The van der Waals surface area contributed by atoms with Crippen LogP contribution in [0.4, 0.5) is 0 Å². The van der Waals surface area contributed by atoms with E-state index in [0.717, 1.165) is 24.8 Å². The fraction of sp³-hybridized carbons (Fsp3) is 0.571. The van der Waals surface area contributed by atoms with E-state index in [-0.39, 0.29) is 5.41 Å². The Bertz CT molecular complexity index is 415. The average Bonchev–Trinajstić information content (AvgIpc) is 2.64. The van der Waals surface area contributed by atoms with E-state index in [1.807, 2.05) is 6.07 Å². The Morgan fingerprint density at radius 2 is 1.81 bits per heavy atom. The second-order valence-electron chi connectivity index (χ2n) is 5.33. The first-order valence-electron chi connectivity index (χ1n) is 6.30. The van der Waals surface area contributed by atoms with Gasteiger partial charge in [0.2, 0.25) is 0 Å². The van der Waals surface area contributed by atoms with Crippen LogP contribution in [0.1, 0.15) is 42.4 Å². The fourth-order valence-corrected chi connectivity index (χ4v) is 3.22. The van der Waals surface area contributed by atoms with Crippen LogP contribution in [0.5, 0.6) is 5.75 Å². The van der Waals surface area contributed by atoms with Crippen molar-refractivity contribution in [2.75, 3.05) is 6.54 Å². The van der Waals surface area contributed by atoms with Crippen LogP contribution >= 0.6 is 0 Å². The quantitative estimate of drug-likeness (QED) is 0.798. The van der Waals surface area contributed by atoms with E-state index < -0.39 is 0 Å². The van der Waals surface area contributed by atoms with Crippen LogP contribution in [0.3, 0.4) is 0 Å². The maximum Gasteiger partial charge on any atom is 0.119 e. The number of phenols is 1. The molecule has 2 aliphatic carbocycles. The summed E-state index contributed by atoms with van der Waals surface area (Å²) in [6.45, 7) is 0.666. The predicted octanol–water partition coefficient (Wildman–Crippen LogP) is 2.26. The third kappa shape index (κ3) is 1.29. The van der Waals surface area contributed by atoms with Gasteiger partial charge in [-0.2, -0.15) is 0 Å². The van der Waals surface area contributed by atoms with Crippen LogP contribution in [0.25, 0.3) is 0 Å². The lowest BCUT2D eigenvalue weighted by atomic mass is 9.64. The summed E-state index contributed by atoms with van der Waals surface area (Å²) >= 11 is 0. The number of benzene rings is 1. The van der Waals surface area contributed by atoms with Gasteiger partial charge >= 0.3 is 0 Å². The maximum absolute atomic E-state index is 10.2. The van der Waals surface area contributed by atoms with Gasteiger partial charge in [0.05, 0.1) is 0 Å². The summed E-state index contributed by atoms with van der Waals surface area (Å²) in [5, 5.41) is 10.2. The van der Waals surface area contributed by atoms with Crippen LogP contribution in [0.2, 0.25) is 0 Å². The second-order valence-corrected chi connectivity index (χ2v) is 5.33. The summed E-state index contributed by atoms with van der Waals surface area (Å²) < 4.78 is 0. The zero-order valence-corrected chi connectivity index (χ0v) is 9.63. The van der Waals surface area contributed by atoms with Gasteiger partial charge in [-0.25, -0.2) is 0 Å². The van der Waals surface area contributed by atoms with Crippen molar-refractivity contribution in [1.82, 2.24) is 0 Å². The van der Waals surface area contributed by atoms with E-state index in [9.17, 15) is 5.11 Å². The molecule has 3 rings (SSSR count). The summed E-state index contributed by atoms with van der Waals surface area (Å²) in [6.07, 6.45) is 7.04. The largest absolute Gasteiger partial charge is 0.508 e. The summed E-state index contributed by atoms with van der Waals surface area (Å²) in [7, 11) is 0. The van der Waals surface area contributed by atoms with Crippen LogP contribution in [0.15, 0.2) is 12.1 Å². The van der Waals surface area contributed by atoms with Gasteiger partial charge < -0.3 is 10.8 Å². The van der Waals surface area contributed by atoms with E-state index in [0.29, 0.717) is 12.3 Å². The highest BCUT2D eigenvalue weighted by molar-refractivity contribution is 5.48. The second kappa shape index (κ2) is 3.49.